The van der Waals surface area contributed by atoms with Gasteiger partial charge < -0.3 is 0 Å². The van der Waals surface area contributed by atoms with Crippen molar-refractivity contribution in [1.29, 1.82) is 5.26 Å². The Labute approximate surface area is 86.1 Å². The van der Waals surface area contributed by atoms with Crippen molar-refractivity contribution in [3.05, 3.63) is 35.4 Å². The second-order valence-corrected chi connectivity index (χ2v) is 3.17. The monoisotopic (exact) mass is 213 g/mol. The van der Waals surface area contributed by atoms with E-state index in [1.807, 2.05) is 6.07 Å². The second-order valence-electron chi connectivity index (χ2n) is 3.17. The minimum atomic E-state index is -4.39. The van der Waals surface area contributed by atoms with Gasteiger partial charge in [0.15, 0.2) is 0 Å². The molecule has 1 unspecified atom stereocenters. The van der Waals surface area contributed by atoms with Gasteiger partial charge in [-0.05, 0) is 18.1 Å². The molecule has 15 heavy (non-hydrogen) atoms. The van der Waals surface area contributed by atoms with Crippen molar-refractivity contribution >= 4 is 0 Å². The van der Waals surface area contributed by atoms with Gasteiger partial charge in [-0.3, -0.25) is 0 Å². The molecule has 0 heterocycles. The molecule has 4 heteroatoms. The van der Waals surface area contributed by atoms with Gasteiger partial charge in [0.1, 0.15) is 0 Å². The van der Waals surface area contributed by atoms with Crippen LogP contribution in [0.3, 0.4) is 0 Å². The Bertz CT molecular complexity index is 376. The molecule has 0 aliphatic heterocycles. The summed E-state index contributed by atoms with van der Waals surface area (Å²) in [6.07, 6.45) is -4.01. The molecule has 80 valence electrons. The van der Waals surface area contributed by atoms with Crippen molar-refractivity contribution in [3.8, 4) is 6.07 Å². The predicted octanol–water partition coefficient (Wildman–Crippen LogP) is 3.72. The van der Waals surface area contributed by atoms with E-state index in [9.17, 15) is 13.2 Å². The van der Waals surface area contributed by atoms with E-state index in [0.717, 1.165) is 6.07 Å². The minimum Gasteiger partial charge on any atom is -0.198 e. The van der Waals surface area contributed by atoms with E-state index in [0.29, 0.717) is 6.42 Å². The van der Waals surface area contributed by atoms with Crippen LogP contribution in [0.4, 0.5) is 13.2 Å². The van der Waals surface area contributed by atoms with Crippen molar-refractivity contribution in [2.24, 2.45) is 0 Å². The maximum atomic E-state index is 12.6. The zero-order chi connectivity index (χ0) is 11.5. The van der Waals surface area contributed by atoms with Crippen LogP contribution in [0, 0.1) is 11.3 Å². The molecule has 1 rings (SSSR count). The summed E-state index contributed by atoms with van der Waals surface area (Å²) in [4.78, 5) is 0. The fraction of sp³-hybridized carbons (Fsp3) is 0.364. The molecule has 0 radical (unpaired) electrons. The number of hydrogen-bond acceptors (Lipinski definition) is 1. The smallest absolute Gasteiger partial charge is 0.198 e. The Hall–Kier alpha value is -1.50. The fourth-order valence-corrected chi connectivity index (χ4v) is 1.44. The average molecular weight is 213 g/mol. The molecule has 0 bridgehead atoms. The Morgan fingerprint density at radius 3 is 2.40 bits per heavy atom. The normalized spacial score (nSPS) is 13.3. The van der Waals surface area contributed by atoms with E-state index in [2.05, 4.69) is 0 Å². The first-order valence-electron chi connectivity index (χ1n) is 4.56. The van der Waals surface area contributed by atoms with Gasteiger partial charge in [0.05, 0.1) is 17.6 Å². The highest BCUT2D eigenvalue weighted by Crippen LogP contribution is 2.35. The van der Waals surface area contributed by atoms with Crippen LogP contribution >= 0.6 is 0 Å². The van der Waals surface area contributed by atoms with Gasteiger partial charge in [-0.25, -0.2) is 0 Å². The van der Waals surface area contributed by atoms with Crippen LogP contribution in [0.2, 0.25) is 0 Å². The molecule has 1 aromatic carbocycles. The number of alkyl halides is 3. The summed E-state index contributed by atoms with van der Waals surface area (Å²) in [5.41, 5.74) is -0.645. The highest BCUT2D eigenvalue weighted by molar-refractivity contribution is 5.35. The van der Waals surface area contributed by atoms with E-state index >= 15 is 0 Å². The standard InChI is InChI=1S/C11H10F3N/c1-2-8(7-15)9-5-3-4-6-10(9)11(12,13)14/h3-6,8H,2H2,1H3. The van der Waals surface area contributed by atoms with Crippen LogP contribution in [0.25, 0.3) is 0 Å². The maximum absolute atomic E-state index is 12.6. The summed E-state index contributed by atoms with van der Waals surface area (Å²) in [6, 6.07) is 7.10. The van der Waals surface area contributed by atoms with Crippen LogP contribution in [0.5, 0.6) is 0 Å². The molecule has 0 saturated heterocycles. The van der Waals surface area contributed by atoms with Gasteiger partial charge in [-0.15, -0.1) is 0 Å². The highest BCUT2D eigenvalue weighted by Gasteiger charge is 2.34. The van der Waals surface area contributed by atoms with Crippen molar-refractivity contribution in [2.45, 2.75) is 25.4 Å². The van der Waals surface area contributed by atoms with E-state index < -0.39 is 17.7 Å². The highest BCUT2D eigenvalue weighted by atomic mass is 19.4. The third-order valence-electron chi connectivity index (χ3n) is 2.21. The number of halogens is 3. The van der Waals surface area contributed by atoms with Crippen LogP contribution in [-0.2, 0) is 6.18 Å². The molecule has 0 amide bonds. The van der Waals surface area contributed by atoms with Crippen LogP contribution in [0.1, 0.15) is 30.4 Å². The lowest BCUT2D eigenvalue weighted by Crippen LogP contribution is -2.11. The zero-order valence-electron chi connectivity index (χ0n) is 8.17. The van der Waals surface area contributed by atoms with Crippen LogP contribution in [0.15, 0.2) is 24.3 Å². The summed E-state index contributed by atoms with van der Waals surface area (Å²) < 4.78 is 37.7. The van der Waals surface area contributed by atoms with Crippen LogP contribution in [-0.4, -0.2) is 0 Å². The fourth-order valence-electron chi connectivity index (χ4n) is 1.44. The Kier molecular flexibility index (Phi) is 3.35. The summed E-state index contributed by atoms with van der Waals surface area (Å²) in [6.45, 7) is 1.70. The number of nitrogens with zero attached hydrogens (tertiary/aromatic N) is 1. The summed E-state index contributed by atoms with van der Waals surface area (Å²) in [7, 11) is 0. The van der Waals surface area contributed by atoms with E-state index in [1.165, 1.54) is 18.2 Å². The number of nitriles is 1. The number of hydrogen-bond donors (Lipinski definition) is 0. The van der Waals surface area contributed by atoms with Crippen molar-refractivity contribution in [1.82, 2.24) is 0 Å². The van der Waals surface area contributed by atoms with Gasteiger partial charge in [-0.2, -0.15) is 18.4 Å². The molecule has 0 fully saturated rings. The lowest BCUT2D eigenvalue weighted by Gasteiger charge is -2.14. The quantitative estimate of drug-likeness (QED) is 0.734. The molecule has 0 N–H and O–H groups in total. The third kappa shape index (κ3) is 2.50. The molecule has 1 nitrogen and oxygen atoms in total. The Morgan fingerprint density at radius 1 is 1.33 bits per heavy atom. The van der Waals surface area contributed by atoms with Crippen LogP contribution < -0.4 is 0 Å². The topological polar surface area (TPSA) is 23.8 Å². The van der Waals surface area contributed by atoms with Gasteiger partial charge >= 0.3 is 6.18 Å². The zero-order valence-corrected chi connectivity index (χ0v) is 8.17. The predicted molar refractivity (Wildman–Crippen MR) is 50.1 cm³/mol. The minimum absolute atomic E-state index is 0.0648. The van der Waals surface area contributed by atoms with E-state index in [1.54, 1.807) is 6.92 Å². The van der Waals surface area contributed by atoms with E-state index in [-0.39, 0.29) is 5.56 Å². The lowest BCUT2D eigenvalue weighted by molar-refractivity contribution is -0.138. The molecule has 1 atom stereocenters. The molecule has 0 aromatic heterocycles. The summed E-state index contributed by atoms with van der Waals surface area (Å²) in [5, 5.41) is 8.75. The van der Waals surface area contributed by atoms with E-state index in [4.69, 9.17) is 5.26 Å². The number of benzene rings is 1. The molecule has 0 saturated carbocycles. The first kappa shape index (κ1) is 11.6. The molecular weight excluding hydrogens is 203 g/mol. The van der Waals surface area contributed by atoms with Gasteiger partial charge in [-0.1, -0.05) is 25.1 Å². The summed E-state index contributed by atoms with van der Waals surface area (Å²) in [5.74, 6) is -0.692. The van der Waals surface area contributed by atoms with Crippen molar-refractivity contribution < 1.29 is 13.2 Å². The molecule has 0 spiro atoms. The third-order valence-corrected chi connectivity index (χ3v) is 2.21. The second kappa shape index (κ2) is 4.35. The Morgan fingerprint density at radius 2 is 1.93 bits per heavy atom. The maximum Gasteiger partial charge on any atom is 0.416 e. The molecule has 1 aromatic rings. The van der Waals surface area contributed by atoms with Crippen molar-refractivity contribution in [2.75, 3.05) is 0 Å². The number of rotatable bonds is 2. The van der Waals surface area contributed by atoms with Gasteiger partial charge in [0.25, 0.3) is 0 Å². The largest absolute Gasteiger partial charge is 0.416 e. The van der Waals surface area contributed by atoms with Crippen molar-refractivity contribution in [3.63, 3.8) is 0 Å². The molecular formula is C11H10F3N. The summed E-state index contributed by atoms with van der Waals surface area (Å²) >= 11 is 0. The molecule has 0 aliphatic carbocycles. The van der Waals surface area contributed by atoms with Gasteiger partial charge in [0, 0.05) is 0 Å². The molecule has 0 aliphatic rings. The van der Waals surface area contributed by atoms with Gasteiger partial charge in [0.2, 0.25) is 0 Å². The SMILES string of the molecule is CCC(C#N)c1ccccc1C(F)(F)F. The first-order valence-corrected chi connectivity index (χ1v) is 4.56. The first-order chi connectivity index (χ1) is 7.00. The average Bonchev–Trinajstić information content (AvgIpc) is 2.19. The lowest BCUT2D eigenvalue weighted by atomic mass is 9.93. The Balaban J connectivity index is 3.24.